The smallest absolute Gasteiger partial charge is 0.261 e. The van der Waals surface area contributed by atoms with Crippen molar-refractivity contribution in [3.63, 3.8) is 0 Å². The van der Waals surface area contributed by atoms with Crippen LogP contribution in [-0.4, -0.2) is 35.4 Å². The number of benzene rings is 2. The van der Waals surface area contributed by atoms with E-state index in [0.717, 1.165) is 22.3 Å². The van der Waals surface area contributed by atoms with E-state index in [1.807, 2.05) is 84.0 Å². The summed E-state index contributed by atoms with van der Waals surface area (Å²) in [6.45, 7) is 12.0. The molecule has 0 saturated carbocycles. The molecule has 5 heteroatoms. The van der Waals surface area contributed by atoms with E-state index in [0.29, 0.717) is 18.7 Å². The van der Waals surface area contributed by atoms with Crippen LogP contribution in [0.15, 0.2) is 42.5 Å². The first kappa shape index (κ1) is 23.5. The van der Waals surface area contributed by atoms with Crippen LogP contribution in [0.2, 0.25) is 0 Å². The van der Waals surface area contributed by atoms with E-state index in [1.165, 1.54) is 0 Å². The normalized spacial score (nSPS) is 11.8. The third kappa shape index (κ3) is 6.09. The minimum Gasteiger partial charge on any atom is -0.483 e. The van der Waals surface area contributed by atoms with Crippen molar-refractivity contribution in [2.75, 3.05) is 6.61 Å². The molecule has 1 N–H and O–H groups in total. The van der Waals surface area contributed by atoms with E-state index >= 15 is 0 Å². The Kier molecular flexibility index (Phi) is 8.46. The van der Waals surface area contributed by atoms with Crippen molar-refractivity contribution in [2.24, 2.45) is 0 Å². The Morgan fingerprint density at radius 3 is 2.30 bits per heavy atom. The summed E-state index contributed by atoms with van der Waals surface area (Å²) in [6.07, 6.45) is 0.527. The van der Waals surface area contributed by atoms with E-state index in [1.54, 1.807) is 4.90 Å². The molecule has 0 aliphatic heterocycles. The molecule has 0 aromatic heterocycles. The molecule has 1 atom stereocenters. The molecule has 2 amide bonds. The van der Waals surface area contributed by atoms with Crippen LogP contribution in [0.1, 0.15) is 49.4 Å². The van der Waals surface area contributed by atoms with Crippen LogP contribution in [-0.2, 0) is 16.1 Å². The van der Waals surface area contributed by atoms with Crippen molar-refractivity contribution < 1.29 is 14.3 Å². The van der Waals surface area contributed by atoms with Gasteiger partial charge in [-0.15, -0.1) is 0 Å². The molecule has 0 fully saturated rings. The first-order valence-electron chi connectivity index (χ1n) is 10.6. The molecule has 0 saturated heterocycles. The zero-order valence-corrected chi connectivity index (χ0v) is 19.0. The average Bonchev–Trinajstić information content (AvgIpc) is 2.69. The van der Waals surface area contributed by atoms with Gasteiger partial charge in [0.25, 0.3) is 5.91 Å². The van der Waals surface area contributed by atoms with Gasteiger partial charge in [0, 0.05) is 12.6 Å². The van der Waals surface area contributed by atoms with Gasteiger partial charge in [-0.3, -0.25) is 9.59 Å². The lowest BCUT2D eigenvalue weighted by Gasteiger charge is -2.31. The number of ether oxygens (including phenoxy) is 1. The fourth-order valence-corrected chi connectivity index (χ4v) is 3.37. The fourth-order valence-electron chi connectivity index (χ4n) is 3.37. The van der Waals surface area contributed by atoms with Gasteiger partial charge >= 0.3 is 0 Å². The SMILES string of the molecule is CC[C@H](C(=O)NC(C)C)N(Cc1ccccc1C)C(=O)COc1cccc(C)c1C. The number of carbonyl (C=O) groups excluding carboxylic acids is 2. The molecule has 30 heavy (non-hydrogen) atoms. The topological polar surface area (TPSA) is 58.6 Å². The van der Waals surface area contributed by atoms with Crippen molar-refractivity contribution >= 4 is 11.8 Å². The molecule has 162 valence electrons. The van der Waals surface area contributed by atoms with Gasteiger partial charge < -0.3 is 15.0 Å². The molecule has 2 rings (SSSR count). The van der Waals surface area contributed by atoms with Crippen LogP contribution in [0.5, 0.6) is 5.75 Å². The summed E-state index contributed by atoms with van der Waals surface area (Å²) in [5, 5.41) is 2.95. The summed E-state index contributed by atoms with van der Waals surface area (Å²) in [7, 11) is 0. The highest BCUT2D eigenvalue weighted by molar-refractivity contribution is 5.88. The number of nitrogens with zero attached hydrogens (tertiary/aromatic N) is 1. The van der Waals surface area contributed by atoms with Crippen LogP contribution in [0.25, 0.3) is 0 Å². The van der Waals surface area contributed by atoms with Crippen LogP contribution in [0.4, 0.5) is 0 Å². The lowest BCUT2D eigenvalue weighted by Crippen LogP contribution is -2.51. The molecule has 0 aliphatic rings. The average molecular weight is 411 g/mol. The van der Waals surface area contributed by atoms with E-state index in [9.17, 15) is 9.59 Å². The molecule has 2 aromatic carbocycles. The largest absolute Gasteiger partial charge is 0.483 e. The molecule has 0 unspecified atom stereocenters. The lowest BCUT2D eigenvalue weighted by molar-refractivity contribution is -0.143. The summed E-state index contributed by atoms with van der Waals surface area (Å²) in [6, 6.07) is 13.2. The maximum absolute atomic E-state index is 13.2. The maximum atomic E-state index is 13.2. The Balaban J connectivity index is 2.26. The third-order valence-corrected chi connectivity index (χ3v) is 5.32. The van der Waals surface area contributed by atoms with Crippen LogP contribution in [0, 0.1) is 20.8 Å². The highest BCUT2D eigenvalue weighted by Gasteiger charge is 2.29. The number of aryl methyl sites for hydroxylation is 2. The first-order chi connectivity index (χ1) is 14.2. The third-order valence-electron chi connectivity index (χ3n) is 5.32. The quantitative estimate of drug-likeness (QED) is 0.670. The second kappa shape index (κ2) is 10.8. The second-order valence-electron chi connectivity index (χ2n) is 8.02. The van der Waals surface area contributed by atoms with Crippen LogP contribution in [0.3, 0.4) is 0 Å². The summed E-state index contributed by atoms with van der Waals surface area (Å²) in [4.78, 5) is 27.7. The predicted octanol–water partition coefficient (Wildman–Crippen LogP) is 4.32. The minimum atomic E-state index is -0.554. The molecule has 5 nitrogen and oxygen atoms in total. The molecule has 0 spiro atoms. The maximum Gasteiger partial charge on any atom is 0.261 e. The number of amides is 2. The van der Waals surface area contributed by atoms with Gasteiger partial charge in [-0.05, 0) is 69.4 Å². The highest BCUT2D eigenvalue weighted by atomic mass is 16.5. The molecular formula is C25H34N2O3. The summed E-state index contributed by atoms with van der Waals surface area (Å²) in [5.41, 5.74) is 4.23. The van der Waals surface area contributed by atoms with Crippen molar-refractivity contribution in [3.05, 3.63) is 64.7 Å². The first-order valence-corrected chi connectivity index (χ1v) is 10.6. The number of nitrogens with one attached hydrogen (secondary N) is 1. The van der Waals surface area contributed by atoms with Gasteiger partial charge in [0.1, 0.15) is 11.8 Å². The monoisotopic (exact) mass is 410 g/mol. The van der Waals surface area contributed by atoms with Gasteiger partial charge in [-0.25, -0.2) is 0 Å². The fraction of sp³-hybridized carbons (Fsp3) is 0.440. The molecule has 2 aromatic rings. The second-order valence-corrected chi connectivity index (χ2v) is 8.02. The zero-order valence-electron chi connectivity index (χ0n) is 19.0. The summed E-state index contributed by atoms with van der Waals surface area (Å²) >= 11 is 0. The Hall–Kier alpha value is -2.82. The Morgan fingerprint density at radius 2 is 1.67 bits per heavy atom. The van der Waals surface area contributed by atoms with Gasteiger partial charge in [0.05, 0.1) is 0 Å². The van der Waals surface area contributed by atoms with Crippen molar-refractivity contribution in [1.82, 2.24) is 10.2 Å². The number of hydrogen-bond acceptors (Lipinski definition) is 3. The van der Waals surface area contributed by atoms with E-state index in [4.69, 9.17) is 4.74 Å². The Morgan fingerprint density at radius 1 is 1.00 bits per heavy atom. The molecular weight excluding hydrogens is 376 g/mol. The van der Waals surface area contributed by atoms with E-state index < -0.39 is 6.04 Å². The standard InChI is InChI=1S/C25H34N2O3/c1-7-22(25(29)26-17(2)3)27(15-21-13-9-8-11-19(21)5)24(28)16-30-23-14-10-12-18(4)20(23)6/h8-14,17,22H,7,15-16H2,1-6H3,(H,26,29)/t22-/m1/s1. The van der Waals surface area contributed by atoms with Crippen molar-refractivity contribution in [3.8, 4) is 5.75 Å². The minimum absolute atomic E-state index is 0.00755. The van der Waals surface area contributed by atoms with Gasteiger partial charge in [0.15, 0.2) is 6.61 Å². The van der Waals surface area contributed by atoms with Gasteiger partial charge in [-0.1, -0.05) is 43.3 Å². The number of carbonyl (C=O) groups is 2. The zero-order chi connectivity index (χ0) is 22.3. The van der Waals surface area contributed by atoms with Gasteiger partial charge in [0.2, 0.25) is 5.91 Å². The number of rotatable bonds is 9. The van der Waals surface area contributed by atoms with E-state index in [2.05, 4.69) is 5.32 Å². The van der Waals surface area contributed by atoms with Crippen molar-refractivity contribution in [2.45, 2.75) is 66.6 Å². The summed E-state index contributed by atoms with van der Waals surface area (Å²) < 4.78 is 5.86. The summed E-state index contributed by atoms with van der Waals surface area (Å²) in [5.74, 6) is 0.352. The van der Waals surface area contributed by atoms with Crippen molar-refractivity contribution in [1.29, 1.82) is 0 Å². The molecule has 0 aliphatic carbocycles. The highest BCUT2D eigenvalue weighted by Crippen LogP contribution is 2.21. The Labute approximate surface area is 180 Å². The molecule has 0 radical (unpaired) electrons. The van der Waals surface area contributed by atoms with Crippen LogP contribution >= 0.6 is 0 Å². The van der Waals surface area contributed by atoms with Crippen LogP contribution < -0.4 is 10.1 Å². The molecule has 0 bridgehead atoms. The number of hydrogen-bond donors (Lipinski definition) is 1. The van der Waals surface area contributed by atoms with E-state index in [-0.39, 0.29) is 24.5 Å². The lowest BCUT2D eigenvalue weighted by atomic mass is 10.1. The molecule has 0 heterocycles. The van der Waals surface area contributed by atoms with Gasteiger partial charge in [-0.2, -0.15) is 0 Å². The Bertz CT molecular complexity index is 876. The predicted molar refractivity (Wildman–Crippen MR) is 120 cm³/mol.